The summed E-state index contributed by atoms with van der Waals surface area (Å²) in [6, 6.07) is 0. The third-order valence-electron chi connectivity index (χ3n) is 2.17. The van der Waals surface area contributed by atoms with E-state index in [2.05, 4.69) is 4.98 Å². The summed E-state index contributed by atoms with van der Waals surface area (Å²) in [6.07, 6.45) is -0.698. The lowest BCUT2D eigenvalue weighted by Gasteiger charge is -2.16. The van der Waals surface area contributed by atoms with E-state index in [-0.39, 0.29) is 17.9 Å². The highest BCUT2D eigenvalue weighted by Gasteiger charge is 2.20. The summed E-state index contributed by atoms with van der Waals surface area (Å²) in [7, 11) is 0. The molecular formula is C10H13NO6. The molecule has 1 atom stereocenters. The first-order chi connectivity index (χ1) is 8.01. The molecule has 0 fully saturated rings. The van der Waals surface area contributed by atoms with E-state index in [1.165, 1.54) is 13.1 Å². The second-order valence-electron chi connectivity index (χ2n) is 3.30. The van der Waals surface area contributed by atoms with E-state index in [9.17, 15) is 4.79 Å². The normalized spacial score (nSPS) is 12.2. The number of hydrogen-bond acceptors (Lipinski definition) is 6. The summed E-state index contributed by atoms with van der Waals surface area (Å²) < 4.78 is 4.79. The molecule has 0 spiro atoms. The molecule has 1 heterocycles. The van der Waals surface area contributed by atoms with Crippen LogP contribution in [0.15, 0.2) is 6.20 Å². The number of ether oxygens (including phenoxy) is 1. The van der Waals surface area contributed by atoms with Crippen molar-refractivity contribution < 1.29 is 30.0 Å². The molecule has 94 valence electrons. The molecular weight excluding hydrogens is 230 g/mol. The largest absolute Gasteiger partial charge is 0.477 e. The van der Waals surface area contributed by atoms with Gasteiger partial charge in [-0.1, -0.05) is 0 Å². The second-order valence-corrected chi connectivity index (χ2v) is 3.30. The zero-order chi connectivity index (χ0) is 13.0. The Morgan fingerprint density at radius 3 is 2.59 bits per heavy atom. The predicted octanol–water partition coefficient (Wildman–Crippen LogP) is -0.844. The van der Waals surface area contributed by atoms with E-state index in [0.29, 0.717) is 11.3 Å². The molecule has 0 bridgehead atoms. The SMILES string of the molecule is Cc1ncc(CO)c(CO)c1O[C@@H](O)C(=O)O. The molecule has 0 aliphatic rings. The number of carboxylic acids is 1. The van der Waals surface area contributed by atoms with Gasteiger partial charge in [0.1, 0.15) is 0 Å². The van der Waals surface area contributed by atoms with Gasteiger partial charge in [-0.15, -0.1) is 0 Å². The highest BCUT2D eigenvalue weighted by Crippen LogP contribution is 2.26. The molecule has 17 heavy (non-hydrogen) atoms. The summed E-state index contributed by atoms with van der Waals surface area (Å²) in [6.45, 7) is 0.702. The molecule has 1 aromatic rings. The van der Waals surface area contributed by atoms with Gasteiger partial charge in [0, 0.05) is 17.3 Å². The highest BCUT2D eigenvalue weighted by atomic mass is 16.6. The molecule has 0 aliphatic heterocycles. The lowest BCUT2D eigenvalue weighted by atomic mass is 10.1. The van der Waals surface area contributed by atoms with Gasteiger partial charge in [-0.05, 0) is 6.92 Å². The Kier molecular flexibility index (Phi) is 4.38. The molecule has 7 nitrogen and oxygen atoms in total. The van der Waals surface area contributed by atoms with Crippen molar-refractivity contribution in [2.75, 3.05) is 0 Å². The van der Waals surface area contributed by atoms with Gasteiger partial charge in [-0.2, -0.15) is 0 Å². The van der Waals surface area contributed by atoms with Crippen LogP contribution in [0.5, 0.6) is 5.75 Å². The number of aliphatic carboxylic acids is 1. The van der Waals surface area contributed by atoms with Gasteiger partial charge in [-0.25, -0.2) is 4.79 Å². The first kappa shape index (κ1) is 13.4. The lowest BCUT2D eigenvalue weighted by Crippen LogP contribution is -2.27. The first-order valence-electron chi connectivity index (χ1n) is 4.77. The van der Waals surface area contributed by atoms with Crippen LogP contribution in [0.25, 0.3) is 0 Å². The molecule has 0 amide bonds. The van der Waals surface area contributed by atoms with Gasteiger partial charge >= 0.3 is 5.97 Å². The number of aliphatic hydroxyl groups excluding tert-OH is 3. The smallest absolute Gasteiger partial charge is 0.373 e. The van der Waals surface area contributed by atoms with Gasteiger partial charge in [0.25, 0.3) is 6.29 Å². The van der Waals surface area contributed by atoms with E-state index < -0.39 is 18.9 Å². The fourth-order valence-electron chi connectivity index (χ4n) is 1.30. The highest BCUT2D eigenvalue weighted by molar-refractivity contribution is 5.70. The molecule has 0 aromatic carbocycles. The summed E-state index contributed by atoms with van der Waals surface area (Å²) in [5.74, 6) is -1.59. The fourth-order valence-corrected chi connectivity index (χ4v) is 1.30. The topological polar surface area (TPSA) is 120 Å². The van der Waals surface area contributed by atoms with Crippen molar-refractivity contribution in [1.82, 2.24) is 4.98 Å². The number of pyridine rings is 1. The Morgan fingerprint density at radius 2 is 2.12 bits per heavy atom. The van der Waals surface area contributed by atoms with Gasteiger partial charge in [0.05, 0.1) is 18.9 Å². The quantitative estimate of drug-likeness (QED) is 0.497. The van der Waals surface area contributed by atoms with Crippen molar-refractivity contribution in [3.8, 4) is 5.75 Å². The van der Waals surface area contributed by atoms with Crippen molar-refractivity contribution in [2.24, 2.45) is 0 Å². The van der Waals surface area contributed by atoms with Gasteiger partial charge < -0.3 is 25.2 Å². The van der Waals surface area contributed by atoms with Crippen LogP contribution in [0.4, 0.5) is 0 Å². The van der Waals surface area contributed by atoms with Crippen molar-refractivity contribution in [2.45, 2.75) is 26.4 Å². The van der Waals surface area contributed by atoms with Crippen LogP contribution in [-0.2, 0) is 18.0 Å². The number of hydrogen-bond donors (Lipinski definition) is 4. The van der Waals surface area contributed by atoms with E-state index in [4.69, 9.17) is 25.2 Å². The molecule has 7 heteroatoms. The number of carbonyl (C=O) groups is 1. The van der Waals surface area contributed by atoms with E-state index in [1.807, 2.05) is 0 Å². The Bertz CT molecular complexity index is 420. The first-order valence-corrected chi connectivity index (χ1v) is 4.77. The maximum atomic E-state index is 10.5. The zero-order valence-electron chi connectivity index (χ0n) is 9.12. The summed E-state index contributed by atoms with van der Waals surface area (Å²) >= 11 is 0. The Labute approximate surface area is 96.9 Å². The van der Waals surface area contributed by atoms with Gasteiger partial charge in [0.2, 0.25) is 0 Å². The second kappa shape index (κ2) is 5.58. The number of nitrogens with zero attached hydrogens (tertiary/aromatic N) is 1. The minimum Gasteiger partial charge on any atom is -0.477 e. The molecule has 4 N–H and O–H groups in total. The van der Waals surface area contributed by atoms with Crippen molar-refractivity contribution in [3.63, 3.8) is 0 Å². The standard InChI is InChI=1S/C10H13NO6/c1-5-8(17-10(16)9(14)15)7(4-13)6(3-12)2-11-5/h2,10,12-13,16H,3-4H2,1H3,(H,14,15)/t10-/m1/s1. The Hall–Kier alpha value is -1.70. The third kappa shape index (κ3) is 2.90. The monoisotopic (exact) mass is 243 g/mol. The summed E-state index contributed by atoms with van der Waals surface area (Å²) in [4.78, 5) is 14.3. The van der Waals surface area contributed by atoms with Gasteiger partial charge in [-0.3, -0.25) is 4.98 Å². The lowest BCUT2D eigenvalue weighted by molar-refractivity contribution is -0.162. The van der Waals surface area contributed by atoms with Crippen molar-refractivity contribution in [3.05, 3.63) is 23.0 Å². The maximum absolute atomic E-state index is 10.5. The molecule has 0 unspecified atom stereocenters. The number of carboxylic acid groups (broad SMARTS) is 1. The van der Waals surface area contributed by atoms with Crippen LogP contribution in [0.1, 0.15) is 16.8 Å². The van der Waals surface area contributed by atoms with E-state index in [0.717, 1.165) is 0 Å². The van der Waals surface area contributed by atoms with Gasteiger partial charge in [0.15, 0.2) is 5.75 Å². The van der Waals surface area contributed by atoms with Crippen LogP contribution in [-0.4, -0.2) is 37.7 Å². The van der Waals surface area contributed by atoms with Crippen LogP contribution >= 0.6 is 0 Å². The van der Waals surface area contributed by atoms with Crippen LogP contribution in [0.3, 0.4) is 0 Å². The third-order valence-corrected chi connectivity index (χ3v) is 2.17. The molecule has 1 aromatic heterocycles. The average Bonchev–Trinajstić information content (AvgIpc) is 2.31. The summed E-state index contributed by atoms with van der Waals surface area (Å²) in [5.41, 5.74) is 0.831. The summed E-state index contributed by atoms with van der Waals surface area (Å²) in [5, 5.41) is 35.8. The molecule has 0 saturated heterocycles. The van der Waals surface area contributed by atoms with E-state index >= 15 is 0 Å². The molecule has 0 aliphatic carbocycles. The predicted molar refractivity (Wildman–Crippen MR) is 55.1 cm³/mol. The number of aliphatic hydroxyl groups is 3. The van der Waals surface area contributed by atoms with Crippen LogP contribution in [0.2, 0.25) is 0 Å². The minimum absolute atomic E-state index is 0.0334. The van der Waals surface area contributed by atoms with E-state index in [1.54, 1.807) is 0 Å². The maximum Gasteiger partial charge on any atom is 0.373 e. The zero-order valence-corrected chi connectivity index (χ0v) is 9.12. The van der Waals surface area contributed by atoms with Crippen LogP contribution < -0.4 is 4.74 Å². The number of aromatic nitrogens is 1. The Morgan fingerprint density at radius 1 is 1.47 bits per heavy atom. The molecule has 0 radical (unpaired) electrons. The average molecular weight is 243 g/mol. The van der Waals surface area contributed by atoms with Crippen molar-refractivity contribution in [1.29, 1.82) is 0 Å². The van der Waals surface area contributed by atoms with Crippen molar-refractivity contribution >= 4 is 5.97 Å². The Balaban J connectivity index is 3.16. The minimum atomic E-state index is -2.05. The van der Waals surface area contributed by atoms with Crippen LogP contribution in [0, 0.1) is 6.92 Å². The number of rotatable bonds is 5. The molecule has 0 saturated carbocycles. The number of aryl methyl sites for hydroxylation is 1. The fraction of sp³-hybridized carbons (Fsp3) is 0.400. The molecule has 1 rings (SSSR count).